The number of carbonyl (C=O) groups is 1. The second-order valence-electron chi connectivity index (χ2n) is 2.81. The van der Waals surface area contributed by atoms with E-state index in [1.807, 2.05) is 0 Å². The van der Waals surface area contributed by atoms with Crippen molar-refractivity contribution >= 4 is 34.7 Å². The molecule has 0 aromatic heterocycles. The maximum absolute atomic E-state index is 11.5. The molecule has 4 nitrogen and oxygen atoms in total. The second-order valence-corrected chi connectivity index (χ2v) is 3.77. The number of nitrogens with one attached hydrogen (secondary N) is 1. The van der Waals surface area contributed by atoms with Crippen LogP contribution in [0.25, 0.3) is 0 Å². The number of phenols is 1. The van der Waals surface area contributed by atoms with Crippen LogP contribution in [0.15, 0.2) is 18.2 Å². The van der Waals surface area contributed by atoms with E-state index >= 15 is 0 Å². The van der Waals surface area contributed by atoms with Gasteiger partial charge in [0.25, 0.3) is 5.91 Å². The number of amides is 1. The van der Waals surface area contributed by atoms with Crippen LogP contribution in [0.4, 0.5) is 0 Å². The van der Waals surface area contributed by atoms with E-state index in [0.717, 1.165) is 0 Å². The zero-order valence-electron chi connectivity index (χ0n) is 7.66. The molecule has 0 aliphatic heterocycles. The third kappa shape index (κ3) is 3.38. The van der Waals surface area contributed by atoms with Gasteiger partial charge >= 0.3 is 0 Å². The highest BCUT2D eigenvalue weighted by atomic mass is 35.5. The zero-order chi connectivity index (χ0) is 11.4. The lowest BCUT2D eigenvalue weighted by atomic mass is 10.2. The van der Waals surface area contributed by atoms with Crippen molar-refractivity contribution in [1.82, 2.24) is 5.32 Å². The highest BCUT2D eigenvalue weighted by molar-refractivity contribution is 7.80. The summed E-state index contributed by atoms with van der Waals surface area (Å²) in [6.07, 6.45) is 0. The predicted octanol–water partition coefficient (Wildman–Crippen LogP) is 1.06. The molecule has 0 bridgehead atoms. The molecule has 0 saturated carbocycles. The molecular formula is C9H9ClN2O2S. The lowest BCUT2D eigenvalue weighted by molar-refractivity contribution is 0.0957. The smallest absolute Gasteiger partial charge is 0.255 e. The van der Waals surface area contributed by atoms with Crippen LogP contribution in [0.5, 0.6) is 5.75 Å². The van der Waals surface area contributed by atoms with Crippen LogP contribution in [0.3, 0.4) is 0 Å². The molecular weight excluding hydrogens is 236 g/mol. The van der Waals surface area contributed by atoms with Gasteiger partial charge in [-0.2, -0.15) is 0 Å². The summed E-state index contributed by atoms with van der Waals surface area (Å²) in [6, 6.07) is 4.22. The number of benzene rings is 1. The Kier molecular flexibility index (Phi) is 3.88. The van der Waals surface area contributed by atoms with Crippen LogP contribution in [0.1, 0.15) is 10.4 Å². The lowest BCUT2D eigenvalue weighted by Crippen LogP contribution is -2.32. The average Bonchev–Trinajstić information content (AvgIpc) is 2.14. The molecule has 15 heavy (non-hydrogen) atoms. The first kappa shape index (κ1) is 11.7. The topological polar surface area (TPSA) is 75.3 Å². The number of carbonyl (C=O) groups excluding carboxylic acids is 1. The number of phenolic OH excluding ortho intramolecular Hbond substituents is 1. The van der Waals surface area contributed by atoms with E-state index in [0.29, 0.717) is 5.02 Å². The van der Waals surface area contributed by atoms with Crippen molar-refractivity contribution in [2.75, 3.05) is 6.54 Å². The summed E-state index contributed by atoms with van der Waals surface area (Å²) >= 11 is 10.2. The summed E-state index contributed by atoms with van der Waals surface area (Å²) in [5.74, 6) is -0.625. The number of nitrogens with two attached hydrogens (primary N) is 1. The SMILES string of the molecule is NC(=S)CNC(=O)c1ccc(Cl)cc1O. The molecule has 0 aliphatic rings. The normalized spacial score (nSPS) is 9.67. The van der Waals surface area contributed by atoms with Gasteiger partial charge in [0.15, 0.2) is 0 Å². The molecule has 0 heterocycles. The van der Waals surface area contributed by atoms with E-state index in [1.165, 1.54) is 18.2 Å². The molecule has 1 amide bonds. The molecule has 6 heteroatoms. The maximum atomic E-state index is 11.5. The van der Waals surface area contributed by atoms with Crippen molar-refractivity contribution < 1.29 is 9.90 Å². The number of aromatic hydroxyl groups is 1. The molecule has 4 N–H and O–H groups in total. The molecule has 0 unspecified atom stereocenters. The number of thiocarbonyl (C=S) groups is 1. The van der Waals surface area contributed by atoms with E-state index in [4.69, 9.17) is 17.3 Å². The highest BCUT2D eigenvalue weighted by Crippen LogP contribution is 2.21. The third-order valence-corrected chi connectivity index (χ3v) is 2.01. The first-order valence-corrected chi connectivity index (χ1v) is 4.84. The molecule has 1 aromatic rings. The van der Waals surface area contributed by atoms with E-state index < -0.39 is 5.91 Å². The van der Waals surface area contributed by atoms with Gasteiger partial charge in [-0.15, -0.1) is 0 Å². The maximum Gasteiger partial charge on any atom is 0.255 e. The summed E-state index contributed by atoms with van der Waals surface area (Å²) in [5.41, 5.74) is 5.35. The first-order chi connectivity index (χ1) is 7.00. The molecule has 0 saturated heterocycles. The van der Waals surface area contributed by atoms with Crippen LogP contribution in [-0.4, -0.2) is 22.5 Å². The van der Waals surface area contributed by atoms with Gasteiger partial charge < -0.3 is 16.2 Å². The molecule has 0 radical (unpaired) electrons. The van der Waals surface area contributed by atoms with Crippen LogP contribution in [0, 0.1) is 0 Å². The van der Waals surface area contributed by atoms with Crippen molar-refractivity contribution in [3.05, 3.63) is 28.8 Å². The quantitative estimate of drug-likeness (QED) is 0.695. The van der Waals surface area contributed by atoms with Crippen LogP contribution in [0.2, 0.25) is 5.02 Å². The second kappa shape index (κ2) is 4.95. The number of hydrogen-bond acceptors (Lipinski definition) is 3. The Bertz CT molecular complexity index is 409. The monoisotopic (exact) mass is 244 g/mol. The third-order valence-electron chi connectivity index (χ3n) is 1.63. The van der Waals surface area contributed by atoms with Gasteiger partial charge in [0, 0.05) is 5.02 Å². The Labute approximate surface area is 97.0 Å². The molecule has 0 aliphatic carbocycles. The van der Waals surface area contributed by atoms with Crippen LogP contribution < -0.4 is 11.1 Å². The fraction of sp³-hybridized carbons (Fsp3) is 0.111. The van der Waals surface area contributed by atoms with E-state index in [9.17, 15) is 9.90 Å². The van der Waals surface area contributed by atoms with Gasteiger partial charge in [0.05, 0.1) is 17.1 Å². The van der Waals surface area contributed by atoms with Gasteiger partial charge in [-0.1, -0.05) is 23.8 Å². The van der Waals surface area contributed by atoms with Gasteiger partial charge in [0.2, 0.25) is 0 Å². The largest absolute Gasteiger partial charge is 0.507 e. The first-order valence-electron chi connectivity index (χ1n) is 4.05. The summed E-state index contributed by atoms with van der Waals surface area (Å²) in [4.78, 5) is 11.6. The van der Waals surface area contributed by atoms with E-state index in [-0.39, 0.29) is 22.8 Å². The van der Waals surface area contributed by atoms with Gasteiger partial charge in [0.1, 0.15) is 5.75 Å². The zero-order valence-corrected chi connectivity index (χ0v) is 9.23. The number of rotatable bonds is 3. The summed E-state index contributed by atoms with van der Waals surface area (Å²) in [5, 5.41) is 12.2. The van der Waals surface area contributed by atoms with Crippen molar-refractivity contribution in [2.45, 2.75) is 0 Å². The molecule has 80 valence electrons. The summed E-state index contributed by atoms with van der Waals surface area (Å²) in [6.45, 7) is 0.0935. The molecule has 1 aromatic carbocycles. The van der Waals surface area contributed by atoms with Gasteiger partial charge in [-0.25, -0.2) is 0 Å². The standard InChI is InChI=1S/C9H9ClN2O2S/c10-5-1-2-6(7(13)3-5)9(14)12-4-8(11)15/h1-3,13H,4H2,(H2,11,15)(H,12,14). The molecule has 0 fully saturated rings. The Morgan fingerprint density at radius 2 is 2.27 bits per heavy atom. The Balaban J connectivity index is 2.78. The van der Waals surface area contributed by atoms with E-state index in [1.54, 1.807) is 0 Å². The average molecular weight is 245 g/mol. The Morgan fingerprint density at radius 3 is 2.80 bits per heavy atom. The Morgan fingerprint density at radius 1 is 1.60 bits per heavy atom. The minimum absolute atomic E-state index is 0.0935. The van der Waals surface area contributed by atoms with Crippen molar-refractivity contribution in [2.24, 2.45) is 5.73 Å². The summed E-state index contributed by atoms with van der Waals surface area (Å²) < 4.78 is 0. The van der Waals surface area contributed by atoms with E-state index in [2.05, 4.69) is 17.5 Å². The van der Waals surface area contributed by atoms with Gasteiger partial charge in [-0.05, 0) is 18.2 Å². The number of hydrogen-bond donors (Lipinski definition) is 3. The fourth-order valence-electron chi connectivity index (χ4n) is 0.959. The molecule has 0 spiro atoms. The van der Waals surface area contributed by atoms with Crippen molar-refractivity contribution in [3.63, 3.8) is 0 Å². The minimum atomic E-state index is -0.447. The van der Waals surface area contributed by atoms with Gasteiger partial charge in [-0.3, -0.25) is 4.79 Å². The predicted molar refractivity (Wildman–Crippen MR) is 62.2 cm³/mol. The lowest BCUT2D eigenvalue weighted by Gasteiger charge is -2.05. The molecule has 1 rings (SSSR count). The summed E-state index contributed by atoms with van der Waals surface area (Å²) in [7, 11) is 0. The van der Waals surface area contributed by atoms with Crippen molar-refractivity contribution in [1.29, 1.82) is 0 Å². The molecule has 0 atom stereocenters. The highest BCUT2D eigenvalue weighted by Gasteiger charge is 2.10. The minimum Gasteiger partial charge on any atom is -0.507 e. The van der Waals surface area contributed by atoms with Crippen molar-refractivity contribution in [3.8, 4) is 5.75 Å². The fourth-order valence-corrected chi connectivity index (χ4v) is 1.20. The number of halogens is 1. The van der Waals surface area contributed by atoms with Crippen LogP contribution >= 0.6 is 23.8 Å². The Hall–Kier alpha value is -1.33. The van der Waals surface area contributed by atoms with Crippen LogP contribution in [-0.2, 0) is 0 Å².